The van der Waals surface area contributed by atoms with Gasteiger partial charge in [0.15, 0.2) is 0 Å². The van der Waals surface area contributed by atoms with Gasteiger partial charge in [-0.1, -0.05) is 29.3 Å². The zero-order valence-corrected chi connectivity index (χ0v) is 13.6. The van der Waals surface area contributed by atoms with Crippen molar-refractivity contribution in [3.05, 3.63) is 57.6 Å². The van der Waals surface area contributed by atoms with E-state index in [4.69, 9.17) is 32.7 Å². The van der Waals surface area contributed by atoms with E-state index in [1.807, 2.05) is 37.4 Å². The monoisotopic (exact) mass is 325 g/mol. The van der Waals surface area contributed by atoms with Gasteiger partial charge in [-0.2, -0.15) is 0 Å². The molecular formula is C16H17Cl2NO2. The molecule has 2 rings (SSSR count). The molecule has 0 aliphatic carbocycles. The lowest BCUT2D eigenvalue weighted by atomic mass is 9.98. The molecule has 0 aliphatic rings. The third kappa shape index (κ3) is 3.62. The molecule has 0 heterocycles. The second kappa shape index (κ2) is 7.03. The average Bonchev–Trinajstić information content (AvgIpc) is 2.49. The third-order valence-corrected chi connectivity index (χ3v) is 3.83. The van der Waals surface area contributed by atoms with Crippen molar-refractivity contribution in [1.29, 1.82) is 0 Å². The molecule has 21 heavy (non-hydrogen) atoms. The molecule has 0 bridgehead atoms. The Hall–Kier alpha value is -1.42. The molecule has 1 atom stereocenters. The van der Waals surface area contributed by atoms with Crippen molar-refractivity contribution >= 4 is 23.2 Å². The molecule has 0 fully saturated rings. The van der Waals surface area contributed by atoms with Crippen molar-refractivity contribution in [2.24, 2.45) is 0 Å². The van der Waals surface area contributed by atoms with Crippen LogP contribution in [0.2, 0.25) is 10.0 Å². The van der Waals surface area contributed by atoms with Gasteiger partial charge in [-0.3, -0.25) is 0 Å². The second-order valence-corrected chi connectivity index (χ2v) is 5.38. The molecule has 112 valence electrons. The summed E-state index contributed by atoms with van der Waals surface area (Å²) in [5, 5.41) is 4.49. The molecule has 0 saturated heterocycles. The van der Waals surface area contributed by atoms with Gasteiger partial charge in [0.1, 0.15) is 11.5 Å². The lowest BCUT2D eigenvalue weighted by molar-refractivity contribution is 0.392. The molecule has 0 amide bonds. The van der Waals surface area contributed by atoms with Crippen molar-refractivity contribution in [3.63, 3.8) is 0 Å². The fraction of sp³-hybridized carbons (Fsp3) is 0.250. The lowest BCUT2D eigenvalue weighted by Crippen LogP contribution is -2.18. The maximum atomic E-state index is 6.31. The molecule has 5 heteroatoms. The molecule has 0 saturated carbocycles. The zero-order chi connectivity index (χ0) is 15.4. The Balaban J connectivity index is 2.50. The molecule has 2 aromatic carbocycles. The number of nitrogens with one attached hydrogen (secondary N) is 1. The molecule has 2 aromatic rings. The minimum Gasteiger partial charge on any atom is -0.497 e. The van der Waals surface area contributed by atoms with E-state index < -0.39 is 0 Å². The highest BCUT2D eigenvalue weighted by molar-refractivity contribution is 6.35. The summed E-state index contributed by atoms with van der Waals surface area (Å²) in [7, 11) is 5.13. The van der Waals surface area contributed by atoms with Gasteiger partial charge in [0.2, 0.25) is 0 Å². The van der Waals surface area contributed by atoms with Crippen LogP contribution in [0.4, 0.5) is 0 Å². The third-order valence-electron chi connectivity index (χ3n) is 3.27. The number of hydrogen-bond donors (Lipinski definition) is 1. The van der Waals surface area contributed by atoms with E-state index in [0.29, 0.717) is 10.0 Å². The highest BCUT2D eigenvalue weighted by atomic mass is 35.5. The number of hydrogen-bond acceptors (Lipinski definition) is 3. The summed E-state index contributed by atoms with van der Waals surface area (Å²) >= 11 is 12.3. The van der Waals surface area contributed by atoms with Crippen molar-refractivity contribution in [2.75, 3.05) is 21.3 Å². The van der Waals surface area contributed by atoms with E-state index >= 15 is 0 Å². The summed E-state index contributed by atoms with van der Waals surface area (Å²) in [6.45, 7) is 0. The van der Waals surface area contributed by atoms with Crippen LogP contribution in [-0.2, 0) is 0 Å². The van der Waals surface area contributed by atoms with Crippen molar-refractivity contribution in [3.8, 4) is 11.5 Å². The summed E-state index contributed by atoms with van der Waals surface area (Å²) in [4.78, 5) is 0. The smallest absolute Gasteiger partial charge is 0.122 e. The minimum absolute atomic E-state index is 0.0845. The number of methoxy groups -OCH3 is 2. The Bertz CT molecular complexity index is 609. The summed E-state index contributed by atoms with van der Waals surface area (Å²) in [5.74, 6) is 1.46. The standard InChI is InChI=1S/C16H17Cl2NO2/c1-19-16(14-5-4-11(17)8-15(14)18)10-6-12(20-2)9-13(7-10)21-3/h4-9,16,19H,1-3H3. The maximum absolute atomic E-state index is 6.31. The molecular weight excluding hydrogens is 309 g/mol. The topological polar surface area (TPSA) is 30.5 Å². The Morgan fingerprint density at radius 1 is 0.952 bits per heavy atom. The molecule has 0 aliphatic heterocycles. The van der Waals surface area contributed by atoms with Gasteiger partial charge in [0.05, 0.1) is 20.3 Å². The SMILES string of the molecule is CNC(c1cc(OC)cc(OC)c1)c1ccc(Cl)cc1Cl. The molecule has 0 aromatic heterocycles. The van der Waals surface area contributed by atoms with E-state index in [0.717, 1.165) is 22.6 Å². The summed E-state index contributed by atoms with van der Waals surface area (Å²) in [5.41, 5.74) is 1.94. The first-order chi connectivity index (χ1) is 10.1. The summed E-state index contributed by atoms with van der Waals surface area (Å²) in [6.07, 6.45) is 0. The van der Waals surface area contributed by atoms with Gasteiger partial charge in [-0.05, 0) is 42.4 Å². The predicted molar refractivity (Wildman–Crippen MR) is 86.9 cm³/mol. The first-order valence-electron chi connectivity index (χ1n) is 6.44. The zero-order valence-electron chi connectivity index (χ0n) is 12.1. The lowest BCUT2D eigenvalue weighted by Gasteiger charge is -2.20. The quantitative estimate of drug-likeness (QED) is 0.888. The van der Waals surface area contributed by atoms with Gasteiger partial charge < -0.3 is 14.8 Å². The van der Waals surface area contributed by atoms with E-state index in [9.17, 15) is 0 Å². The average molecular weight is 326 g/mol. The van der Waals surface area contributed by atoms with Gasteiger partial charge in [-0.25, -0.2) is 0 Å². The Kier molecular flexibility index (Phi) is 5.34. The Labute approximate surface area is 134 Å². The number of benzene rings is 2. The minimum atomic E-state index is -0.0845. The van der Waals surface area contributed by atoms with Crippen molar-refractivity contribution in [1.82, 2.24) is 5.32 Å². The maximum Gasteiger partial charge on any atom is 0.122 e. The Morgan fingerprint density at radius 3 is 2.05 bits per heavy atom. The van der Waals surface area contributed by atoms with Crippen LogP contribution in [0.5, 0.6) is 11.5 Å². The molecule has 3 nitrogen and oxygen atoms in total. The van der Waals surface area contributed by atoms with Crippen LogP contribution in [0, 0.1) is 0 Å². The van der Waals surface area contributed by atoms with Crippen LogP contribution in [0.3, 0.4) is 0 Å². The summed E-state index contributed by atoms with van der Waals surface area (Å²) in [6, 6.07) is 11.1. The molecule has 0 radical (unpaired) electrons. The molecule has 0 spiro atoms. The van der Waals surface area contributed by atoms with Crippen molar-refractivity contribution in [2.45, 2.75) is 6.04 Å². The summed E-state index contributed by atoms with van der Waals surface area (Å²) < 4.78 is 10.6. The number of ether oxygens (including phenoxy) is 2. The normalized spacial score (nSPS) is 12.0. The highest BCUT2D eigenvalue weighted by Crippen LogP contribution is 2.33. The van der Waals surface area contributed by atoms with E-state index in [1.54, 1.807) is 20.3 Å². The van der Waals surface area contributed by atoms with Crippen LogP contribution < -0.4 is 14.8 Å². The van der Waals surface area contributed by atoms with Crippen LogP contribution in [-0.4, -0.2) is 21.3 Å². The first kappa shape index (κ1) is 16.0. The first-order valence-corrected chi connectivity index (χ1v) is 7.19. The van der Waals surface area contributed by atoms with Crippen molar-refractivity contribution < 1.29 is 9.47 Å². The highest BCUT2D eigenvalue weighted by Gasteiger charge is 2.17. The molecule has 1 N–H and O–H groups in total. The molecule has 1 unspecified atom stereocenters. The van der Waals surface area contributed by atoms with Crippen LogP contribution in [0.25, 0.3) is 0 Å². The van der Waals surface area contributed by atoms with Gasteiger partial charge in [0.25, 0.3) is 0 Å². The van der Waals surface area contributed by atoms with E-state index in [2.05, 4.69) is 5.32 Å². The van der Waals surface area contributed by atoms with Crippen LogP contribution >= 0.6 is 23.2 Å². The van der Waals surface area contributed by atoms with Crippen LogP contribution in [0.15, 0.2) is 36.4 Å². The van der Waals surface area contributed by atoms with E-state index in [-0.39, 0.29) is 6.04 Å². The number of halogens is 2. The Morgan fingerprint density at radius 2 is 1.57 bits per heavy atom. The van der Waals surface area contributed by atoms with Crippen LogP contribution in [0.1, 0.15) is 17.2 Å². The van der Waals surface area contributed by atoms with Gasteiger partial charge in [-0.15, -0.1) is 0 Å². The number of rotatable bonds is 5. The second-order valence-electron chi connectivity index (χ2n) is 4.53. The van der Waals surface area contributed by atoms with Gasteiger partial charge in [0, 0.05) is 16.1 Å². The largest absolute Gasteiger partial charge is 0.497 e. The fourth-order valence-electron chi connectivity index (χ4n) is 2.23. The van der Waals surface area contributed by atoms with Gasteiger partial charge >= 0.3 is 0 Å². The van der Waals surface area contributed by atoms with E-state index in [1.165, 1.54) is 0 Å². The fourth-order valence-corrected chi connectivity index (χ4v) is 2.75. The predicted octanol–water partition coefficient (Wildman–Crippen LogP) is 4.32.